The molecular formula is C30H36N4O6S2. The van der Waals surface area contributed by atoms with Gasteiger partial charge in [0, 0.05) is 36.1 Å². The molecule has 0 atom stereocenters. The highest BCUT2D eigenvalue weighted by Crippen LogP contribution is 2.37. The number of carbonyl (C=O) groups is 3. The summed E-state index contributed by atoms with van der Waals surface area (Å²) < 4.78 is 33.3. The molecule has 0 saturated heterocycles. The largest absolute Gasteiger partial charge is 0.450 e. The normalized spacial score (nSPS) is 13.6. The van der Waals surface area contributed by atoms with E-state index in [-0.39, 0.29) is 35.2 Å². The number of nitrogens with one attached hydrogen (secondary N) is 2. The number of imide groups is 1. The maximum absolute atomic E-state index is 13.5. The standard InChI is InChI=1S/C30H36N4O6S2/c1-5-33-17-16-24-25(19-33)41-29(26(24)28(36)32-30(37)40-6-2)31-27(35)22-12-14-23(15-13-22)42(38,39)34(20(3)4)18-21-10-8-7-9-11-21/h7-15,20H,5-6,16-19H2,1-4H3,(H,31,35)(H,32,36,37). The number of hydrogen-bond donors (Lipinski definition) is 2. The van der Waals surface area contributed by atoms with Gasteiger partial charge in [-0.15, -0.1) is 11.3 Å². The van der Waals surface area contributed by atoms with Crippen LogP contribution in [0.3, 0.4) is 0 Å². The minimum Gasteiger partial charge on any atom is -0.450 e. The molecule has 0 bridgehead atoms. The molecule has 0 radical (unpaired) electrons. The van der Waals surface area contributed by atoms with E-state index in [0.717, 1.165) is 29.1 Å². The Bertz CT molecular complexity index is 1540. The van der Waals surface area contributed by atoms with E-state index in [9.17, 15) is 22.8 Å². The first-order valence-corrected chi connectivity index (χ1v) is 16.1. The van der Waals surface area contributed by atoms with E-state index in [0.29, 0.717) is 18.0 Å². The first kappa shape index (κ1) is 31.4. The van der Waals surface area contributed by atoms with Crippen molar-refractivity contribution in [2.45, 2.75) is 58.1 Å². The number of anilines is 1. The Morgan fingerprint density at radius 2 is 1.71 bits per heavy atom. The number of carbonyl (C=O) groups excluding carboxylic acids is 3. The Hall–Kier alpha value is -3.58. The van der Waals surface area contributed by atoms with Crippen molar-refractivity contribution in [3.8, 4) is 0 Å². The van der Waals surface area contributed by atoms with Gasteiger partial charge in [0.25, 0.3) is 11.8 Å². The SMILES string of the molecule is CCOC(=O)NC(=O)c1c(NC(=O)c2ccc(S(=O)(=O)N(Cc3ccccc3)C(C)C)cc2)sc2c1CCN(CC)C2. The van der Waals surface area contributed by atoms with Gasteiger partial charge in [0.2, 0.25) is 10.0 Å². The molecule has 10 nitrogen and oxygen atoms in total. The van der Waals surface area contributed by atoms with E-state index in [4.69, 9.17) is 4.74 Å². The maximum Gasteiger partial charge on any atom is 0.414 e. The van der Waals surface area contributed by atoms with Gasteiger partial charge in [-0.05, 0) is 69.1 Å². The number of sulfonamides is 1. The van der Waals surface area contributed by atoms with Crippen LogP contribution in [-0.2, 0) is 34.3 Å². The summed E-state index contributed by atoms with van der Waals surface area (Å²) in [6, 6.07) is 14.8. The first-order chi connectivity index (χ1) is 20.0. The Morgan fingerprint density at radius 3 is 2.33 bits per heavy atom. The zero-order chi connectivity index (χ0) is 30.4. The lowest BCUT2D eigenvalue weighted by Gasteiger charge is -2.26. The van der Waals surface area contributed by atoms with Crippen molar-refractivity contribution in [2.24, 2.45) is 0 Å². The number of likely N-dealkylation sites (N-methyl/N-ethyl adjacent to an activating group) is 1. The number of hydrogen-bond acceptors (Lipinski definition) is 8. The average molecular weight is 613 g/mol. The van der Waals surface area contributed by atoms with Crippen molar-refractivity contribution in [1.82, 2.24) is 14.5 Å². The van der Waals surface area contributed by atoms with Gasteiger partial charge < -0.3 is 10.1 Å². The summed E-state index contributed by atoms with van der Waals surface area (Å²) in [6.45, 7) is 9.90. The summed E-state index contributed by atoms with van der Waals surface area (Å²) in [6.07, 6.45) is -0.256. The maximum atomic E-state index is 13.5. The molecule has 1 aliphatic rings. The molecule has 1 aromatic heterocycles. The summed E-state index contributed by atoms with van der Waals surface area (Å²) in [5, 5.41) is 5.40. The van der Waals surface area contributed by atoms with Crippen molar-refractivity contribution in [3.05, 3.63) is 81.7 Å². The number of nitrogens with zero attached hydrogens (tertiary/aromatic N) is 2. The van der Waals surface area contributed by atoms with Crippen molar-refractivity contribution in [3.63, 3.8) is 0 Å². The van der Waals surface area contributed by atoms with E-state index in [1.54, 1.807) is 6.92 Å². The van der Waals surface area contributed by atoms with Crippen LogP contribution in [0, 0.1) is 0 Å². The molecule has 0 saturated carbocycles. The molecule has 0 spiro atoms. The van der Waals surface area contributed by atoms with Crippen LogP contribution >= 0.6 is 11.3 Å². The van der Waals surface area contributed by atoms with Gasteiger partial charge in [-0.1, -0.05) is 37.3 Å². The number of thiophene rings is 1. The summed E-state index contributed by atoms with van der Waals surface area (Å²) >= 11 is 1.30. The highest BCUT2D eigenvalue weighted by atomic mass is 32.2. The quantitative estimate of drug-likeness (QED) is 0.335. The Labute approximate surface area is 250 Å². The van der Waals surface area contributed by atoms with Crippen LogP contribution in [0.15, 0.2) is 59.5 Å². The number of amides is 3. The number of rotatable bonds is 10. The smallest absolute Gasteiger partial charge is 0.414 e. The van der Waals surface area contributed by atoms with Crippen molar-refractivity contribution >= 4 is 44.3 Å². The Balaban J connectivity index is 1.57. The predicted molar refractivity (Wildman–Crippen MR) is 162 cm³/mol. The summed E-state index contributed by atoms with van der Waals surface area (Å²) in [7, 11) is -3.84. The van der Waals surface area contributed by atoms with Crippen LogP contribution in [0.1, 0.15) is 64.4 Å². The number of ether oxygens (including phenoxy) is 1. The fraction of sp³-hybridized carbons (Fsp3) is 0.367. The third-order valence-electron chi connectivity index (χ3n) is 7.01. The van der Waals surface area contributed by atoms with Gasteiger partial charge in [-0.2, -0.15) is 4.31 Å². The van der Waals surface area contributed by atoms with E-state index in [1.165, 1.54) is 39.9 Å². The third kappa shape index (κ3) is 7.06. The number of benzene rings is 2. The minimum absolute atomic E-state index is 0.0735. The lowest BCUT2D eigenvalue weighted by Crippen LogP contribution is -2.36. The molecule has 0 aliphatic carbocycles. The van der Waals surface area contributed by atoms with Crippen LogP contribution in [0.2, 0.25) is 0 Å². The predicted octanol–water partition coefficient (Wildman–Crippen LogP) is 4.86. The second kappa shape index (κ2) is 13.6. The molecule has 2 N–H and O–H groups in total. The number of alkyl carbamates (subject to hydrolysis) is 1. The van der Waals surface area contributed by atoms with Crippen molar-refractivity contribution in [1.29, 1.82) is 0 Å². The van der Waals surface area contributed by atoms with E-state index in [1.807, 2.05) is 44.2 Å². The van der Waals surface area contributed by atoms with Crippen molar-refractivity contribution < 1.29 is 27.5 Å². The lowest BCUT2D eigenvalue weighted by atomic mass is 10.0. The second-order valence-electron chi connectivity index (χ2n) is 10.1. The van der Waals surface area contributed by atoms with Gasteiger partial charge in [0.1, 0.15) is 5.00 Å². The monoisotopic (exact) mass is 612 g/mol. The molecule has 2 aromatic carbocycles. The highest BCUT2D eigenvalue weighted by molar-refractivity contribution is 7.89. The lowest BCUT2D eigenvalue weighted by molar-refractivity contribution is 0.0924. The Morgan fingerprint density at radius 1 is 1.02 bits per heavy atom. The van der Waals surface area contributed by atoms with Crippen LogP contribution in [-0.4, -0.2) is 61.3 Å². The molecule has 4 rings (SSSR count). The van der Waals surface area contributed by atoms with E-state index < -0.39 is 27.9 Å². The molecule has 12 heteroatoms. The van der Waals surface area contributed by atoms with Gasteiger partial charge in [-0.25, -0.2) is 13.2 Å². The fourth-order valence-electron chi connectivity index (χ4n) is 4.77. The Kier molecular flexibility index (Phi) is 10.2. The summed E-state index contributed by atoms with van der Waals surface area (Å²) in [5.41, 5.74) is 2.15. The molecule has 0 fully saturated rings. The average Bonchev–Trinajstić information content (AvgIpc) is 3.33. The molecule has 3 amide bonds. The topological polar surface area (TPSA) is 125 Å². The zero-order valence-corrected chi connectivity index (χ0v) is 25.8. The molecule has 42 heavy (non-hydrogen) atoms. The fourth-order valence-corrected chi connectivity index (χ4v) is 7.68. The van der Waals surface area contributed by atoms with Gasteiger partial charge in [0.05, 0.1) is 17.1 Å². The summed E-state index contributed by atoms with van der Waals surface area (Å²) in [5.74, 6) is -1.14. The number of fused-ring (bicyclic) bond motifs is 1. The van der Waals surface area contributed by atoms with E-state index in [2.05, 4.69) is 22.5 Å². The van der Waals surface area contributed by atoms with Crippen LogP contribution in [0.5, 0.6) is 0 Å². The van der Waals surface area contributed by atoms with Gasteiger partial charge in [0.15, 0.2) is 0 Å². The molecular weight excluding hydrogens is 576 g/mol. The van der Waals surface area contributed by atoms with Crippen LogP contribution in [0.25, 0.3) is 0 Å². The second-order valence-corrected chi connectivity index (χ2v) is 13.1. The van der Waals surface area contributed by atoms with Crippen LogP contribution in [0.4, 0.5) is 9.80 Å². The third-order valence-corrected chi connectivity index (χ3v) is 10.2. The molecule has 3 aromatic rings. The van der Waals surface area contributed by atoms with E-state index >= 15 is 0 Å². The highest BCUT2D eigenvalue weighted by Gasteiger charge is 2.30. The van der Waals surface area contributed by atoms with Gasteiger partial charge in [-0.3, -0.25) is 19.8 Å². The zero-order valence-electron chi connectivity index (χ0n) is 24.2. The molecule has 0 unspecified atom stereocenters. The minimum atomic E-state index is -3.84. The molecule has 2 heterocycles. The van der Waals surface area contributed by atoms with Gasteiger partial charge >= 0.3 is 6.09 Å². The van der Waals surface area contributed by atoms with Crippen LogP contribution < -0.4 is 10.6 Å². The molecule has 1 aliphatic heterocycles. The summed E-state index contributed by atoms with van der Waals surface area (Å²) in [4.78, 5) is 41.6. The first-order valence-electron chi connectivity index (χ1n) is 13.9. The van der Waals surface area contributed by atoms with Crippen molar-refractivity contribution in [2.75, 3.05) is 25.0 Å². The molecule has 224 valence electrons.